The van der Waals surface area contributed by atoms with E-state index in [2.05, 4.69) is 17.9 Å². The summed E-state index contributed by atoms with van der Waals surface area (Å²) in [6.07, 6.45) is -2.61. The molecule has 0 aliphatic heterocycles. The smallest absolute Gasteiger partial charge is 0.256 e. The van der Waals surface area contributed by atoms with Crippen molar-refractivity contribution in [1.82, 2.24) is 4.57 Å². The van der Waals surface area contributed by atoms with Gasteiger partial charge >= 0.3 is 0 Å². The predicted octanol–water partition coefficient (Wildman–Crippen LogP) is 3.29. The van der Waals surface area contributed by atoms with Gasteiger partial charge in [0.1, 0.15) is 12.4 Å². The Labute approximate surface area is 164 Å². The van der Waals surface area contributed by atoms with Crippen molar-refractivity contribution in [1.29, 1.82) is 0 Å². The van der Waals surface area contributed by atoms with Crippen molar-refractivity contribution >= 4 is 0 Å². The molecular formula is C18H16F2NO2Y-. The molecule has 0 N–H and O–H groups in total. The molecular weight excluding hydrogens is 389 g/mol. The summed E-state index contributed by atoms with van der Waals surface area (Å²) in [7, 11) is 0. The van der Waals surface area contributed by atoms with E-state index in [9.17, 15) is 13.6 Å². The van der Waals surface area contributed by atoms with Crippen LogP contribution in [0, 0.1) is 24.8 Å². The van der Waals surface area contributed by atoms with Crippen LogP contribution in [0.5, 0.6) is 5.75 Å². The Balaban J connectivity index is 0.00000288. The molecule has 0 fully saturated rings. The van der Waals surface area contributed by atoms with E-state index >= 15 is 0 Å². The van der Waals surface area contributed by atoms with Crippen LogP contribution < -0.4 is 10.3 Å². The largest absolute Gasteiger partial charge is 0.481 e. The molecule has 2 aromatic rings. The molecule has 0 amide bonds. The number of hydrogen-bond donors (Lipinski definition) is 0. The van der Waals surface area contributed by atoms with Crippen LogP contribution in [0.25, 0.3) is 11.3 Å². The number of ether oxygens (including phenoxy) is 1. The second kappa shape index (κ2) is 9.71. The van der Waals surface area contributed by atoms with E-state index in [1.807, 2.05) is 0 Å². The summed E-state index contributed by atoms with van der Waals surface area (Å²) in [6.45, 7) is 2.93. The normalized spacial score (nSPS) is 9.88. The first kappa shape index (κ1) is 20.5. The van der Waals surface area contributed by atoms with Gasteiger partial charge in [0.25, 0.3) is 6.43 Å². The molecule has 2 rings (SSSR count). The van der Waals surface area contributed by atoms with E-state index in [1.165, 1.54) is 6.07 Å². The van der Waals surface area contributed by atoms with Crippen LogP contribution in [0.2, 0.25) is 0 Å². The van der Waals surface area contributed by atoms with Crippen LogP contribution >= 0.6 is 0 Å². The summed E-state index contributed by atoms with van der Waals surface area (Å²) in [5.74, 6) is 6.12. The van der Waals surface area contributed by atoms with Gasteiger partial charge < -0.3 is 9.30 Å². The summed E-state index contributed by atoms with van der Waals surface area (Å²) in [4.78, 5) is 12.1. The zero-order valence-corrected chi connectivity index (χ0v) is 16.3. The number of benzene rings is 1. The van der Waals surface area contributed by atoms with Gasteiger partial charge in [-0.05, 0) is 19.1 Å². The summed E-state index contributed by atoms with van der Waals surface area (Å²) >= 11 is 0. The molecule has 0 bridgehead atoms. The van der Waals surface area contributed by atoms with E-state index < -0.39 is 18.5 Å². The Morgan fingerprint density at radius 2 is 1.96 bits per heavy atom. The van der Waals surface area contributed by atoms with Crippen molar-refractivity contribution in [3.05, 3.63) is 52.3 Å². The minimum atomic E-state index is -2.61. The Bertz CT molecular complexity index is 789. The zero-order chi connectivity index (χ0) is 16.8. The van der Waals surface area contributed by atoms with E-state index in [0.717, 1.165) is 4.57 Å². The zero-order valence-electron chi connectivity index (χ0n) is 13.5. The molecule has 0 saturated carbocycles. The predicted molar refractivity (Wildman–Crippen MR) is 84.7 cm³/mol. The fourth-order valence-electron chi connectivity index (χ4n) is 2.08. The van der Waals surface area contributed by atoms with Crippen molar-refractivity contribution in [2.75, 3.05) is 6.61 Å². The average molecular weight is 405 g/mol. The van der Waals surface area contributed by atoms with Gasteiger partial charge in [0.15, 0.2) is 5.56 Å². The molecule has 0 aliphatic rings. The first-order valence-electron chi connectivity index (χ1n) is 7.06. The Morgan fingerprint density at radius 1 is 1.29 bits per heavy atom. The number of alkyl halides is 2. The molecule has 1 aromatic heterocycles. The van der Waals surface area contributed by atoms with Gasteiger partial charge in [0.2, 0.25) is 0 Å². The van der Waals surface area contributed by atoms with Gasteiger partial charge in [-0.15, -0.1) is 18.1 Å². The molecule has 123 valence electrons. The van der Waals surface area contributed by atoms with Crippen LogP contribution in [0.15, 0.2) is 35.1 Å². The Morgan fingerprint density at radius 3 is 2.54 bits per heavy atom. The number of nitrogens with zero attached hydrogens (tertiary/aromatic N) is 1. The third kappa shape index (κ3) is 5.26. The number of aryl methyl sites for hydroxylation is 1. The third-order valence-corrected chi connectivity index (χ3v) is 3.21. The van der Waals surface area contributed by atoms with Crippen molar-refractivity contribution < 1.29 is 46.2 Å². The number of halogens is 2. The van der Waals surface area contributed by atoms with Crippen LogP contribution in [-0.4, -0.2) is 17.6 Å². The van der Waals surface area contributed by atoms with E-state index in [1.54, 1.807) is 38.1 Å². The minimum Gasteiger partial charge on any atom is -0.481 e. The van der Waals surface area contributed by atoms with Crippen molar-refractivity contribution in [3.8, 4) is 28.8 Å². The number of pyridine rings is 1. The van der Waals surface area contributed by atoms with E-state index in [4.69, 9.17) is 4.74 Å². The maximum absolute atomic E-state index is 12.8. The van der Waals surface area contributed by atoms with Crippen LogP contribution in [0.3, 0.4) is 0 Å². The SMILES string of the molecule is CC#CCOc1ccc(-c2[c-]cc(C)c(=O)n2CC(F)F)cc1.[Y]. The number of rotatable bonds is 5. The molecule has 0 spiro atoms. The quantitative estimate of drug-likeness (QED) is 0.565. The van der Waals surface area contributed by atoms with Crippen molar-refractivity contribution in [2.45, 2.75) is 26.8 Å². The average Bonchev–Trinajstić information content (AvgIpc) is 2.53. The maximum atomic E-state index is 12.8. The molecule has 3 nitrogen and oxygen atoms in total. The maximum Gasteiger partial charge on any atom is 0.256 e. The molecule has 1 aromatic carbocycles. The molecule has 6 heteroatoms. The van der Waals surface area contributed by atoms with Crippen LogP contribution in [-0.2, 0) is 39.3 Å². The number of hydrogen-bond acceptors (Lipinski definition) is 2. The van der Waals surface area contributed by atoms with Gasteiger partial charge in [-0.3, -0.25) is 4.79 Å². The summed E-state index contributed by atoms with van der Waals surface area (Å²) in [5, 5.41) is 0. The second-order valence-corrected chi connectivity index (χ2v) is 4.87. The molecule has 0 atom stereocenters. The van der Waals surface area contributed by atoms with Crippen molar-refractivity contribution in [2.24, 2.45) is 0 Å². The summed E-state index contributed by atoms with van der Waals surface area (Å²) < 4.78 is 32.0. The minimum absolute atomic E-state index is 0. The van der Waals surface area contributed by atoms with Gasteiger partial charge in [-0.25, -0.2) is 8.78 Å². The van der Waals surface area contributed by atoms with Gasteiger partial charge in [0.05, 0.1) is 6.54 Å². The van der Waals surface area contributed by atoms with Gasteiger partial charge in [-0.1, -0.05) is 29.7 Å². The second-order valence-electron chi connectivity index (χ2n) is 4.87. The summed E-state index contributed by atoms with van der Waals surface area (Å²) in [5.41, 5.74) is 0.905. The fraction of sp³-hybridized carbons (Fsp3) is 0.278. The van der Waals surface area contributed by atoms with Crippen LogP contribution in [0.1, 0.15) is 12.5 Å². The Kier molecular flexibility index (Phi) is 8.31. The van der Waals surface area contributed by atoms with Gasteiger partial charge in [0, 0.05) is 32.7 Å². The first-order valence-corrected chi connectivity index (χ1v) is 7.06. The van der Waals surface area contributed by atoms with Crippen molar-refractivity contribution in [3.63, 3.8) is 0 Å². The molecule has 1 heterocycles. The molecule has 0 saturated heterocycles. The molecule has 0 aliphatic carbocycles. The van der Waals surface area contributed by atoms with Crippen LogP contribution in [0.4, 0.5) is 8.78 Å². The number of aromatic nitrogens is 1. The van der Waals surface area contributed by atoms with E-state index in [-0.39, 0.29) is 39.3 Å². The first-order chi connectivity index (χ1) is 11.0. The Hall–Kier alpha value is -1.51. The molecule has 24 heavy (non-hydrogen) atoms. The summed E-state index contributed by atoms with van der Waals surface area (Å²) in [6, 6.07) is 11.2. The standard InChI is InChI=1S/C18H16F2NO2.Y/c1-3-4-11-23-15-8-6-14(7-9-15)16-10-5-13(2)18(22)21(16)12-17(19)20;/h5-9,17H,11-12H2,1-2H3;/q-1;. The third-order valence-electron chi connectivity index (χ3n) is 3.21. The van der Waals surface area contributed by atoms with Gasteiger partial charge in [-0.2, -0.15) is 12.1 Å². The fourth-order valence-corrected chi connectivity index (χ4v) is 2.08. The monoisotopic (exact) mass is 405 g/mol. The molecule has 1 radical (unpaired) electrons. The van der Waals surface area contributed by atoms with E-state index in [0.29, 0.717) is 22.6 Å². The molecule has 0 unspecified atom stereocenters. The topological polar surface area (TPSA) is 31.2 Å².